The van der Waals surface area contributed by atoms with Gasteiger partial charge in [-0.05, 0) is 18.4 Å². The molecule has 0 amide bonds. The third kappa shape index (κ3) is 1.62. The molecule has 5 nitrogen and oxygen atoms in total. The largest absolute Gasteiger partial charge is 0.343 e. The van der Waals surface area contributed by atoms with Gasteiger partial charge in [0.05, 0.1) is 18.1 Å². The maximum absolute atomic E-state index is 10.8. The van der Waals surface area contributed by atoms with Crippen molar-refractivity contribution in [2.45, 2.75) is 25.0 Å². The van der Waals surface area contributed by atoms with E-state index in [9.17, 15) is 10.1 Å². The van der Waals surface area contributed by atoms with Crippen LogP contribution in [0.15, 0.2) is 18.2 Å². The number of ether oxygens (including phenoxy) is 2. The maximum atomic E-state index is 10.8. The minimum Gasteiger partial charge on any atom is -0.343 e. The molecule has 0 unspecified atom stereocenters. The highest BCUT2D eigenvalue weighted by Gasteiger charge is 2.42. The number of nitro benzene ring substituents is 1. The third-order valence-corrected chi connectivity index (χ3v) is 3.42. The van der Waals surface area contributed by atoms with Crippen LogP contribution in [0.5, 0.6) is 0 Å². The van der Waals surface area contributed by atoms with Crippen molar-refractivity contribution in [3.8, 4) is 0 Å². The molecule has 90 valence electrons. The standard InChI is InChI=1S/C12H13NO4/c14-13(15)10-4-3-9-2-1-5-12(11(9)8-10)16-6-7-17-12/h3-4,8H,1-2,5-7H2. The molecule has 1 saturated heterocycles. The Morgan fingerprint density at radius 1 is 1.29 bits per heavy atom. The van der Waals surface area contributed by atoms with E-state index in [0.29, 0.717) is 13.2 Å². The van der Waals surface area contributed by atoms with Crippen LogP contribution in [-0.4, -0.2) is 18.1 Å². The molecule has 17 heavy (non-hydrogen) atoms. The van der Waals surface area contributed by atoms with Crippen LogP contribution in [0, 0.1) is 10.1 Å². The average Bonchev–Trinajstić information content (AvgIpc) is 2.78. The molecule has 0 N–H and O–H groups in total. The van der Waals surface area contributed by atoms with Gasteiger partial charge in [-0.25, -0.2) is 0 Å². The zero-order valence-corrected chi connectivity index (χ0v) is 9.35. The average molecular weight is 235 g/mol. The second-order valence-electron chi connectivity index (χ2n) is 4.40. The van der Waals surface area contributed by atoms with Gasteiger partial charge in [0.25, 0.3) is 5.69 Å². The SMILES string of the molecule is O=[N+]([O-])c1ccc2c(c1)C1(CCC2)OCCO1. The van der Waals surface area contributed by atoms with Crippen molar-refractivity contribution in [1.82, 2.24) is 0 Å². The van der Waals surface area contributed by atoms with Crippen LogP contribution in [-0.2, 0) is 21.7 Å². The fourth-order valence-electron chi connectivity index (χ4n) is 2.65. The summed E-state index contributed by atoms with van der Waals surface area (Å²) in [5.74, 6) is -0.723. The summed E-state index contributed by atoms with van der Waals surface area (Å²) in [6, 6.07) is 4.96. The molecule has 1 fully saturated rings. The zero-order chi connectivity index (χ0) is 11.9. The van der Waals surface area contributed by atoms with E-state index in [2.05, 4.69) is 0 Å². The Morgan fingerprint density at radius 3 is 2.76 bits per heavy atom. The molecule has 0 aromatic heterocycles. The minimum atomic E-state index is -0.723. The monoisotopic (exact) mass is 235 g/mol. The van der Waals surface area contributed by atoms with Gasteiger partial charge in [0.1, 0.15) is 0 Å². The van der Waals surface area contributed by atoms with E-state index in [-0.39, 0.29) is 10.6 Å². The minimum absolute atomic E-state index is 0.101. The number of fused-ring (bicyclic) bond motifs is 2. The number of non-ortho nitro benzene ring substituents is 1. The molecule has 0 radical (unpaired) electrons. The molecule has 0 bridgehead atoms. The molecule has 1 aliphatic carbocycles. The van der Waals surface area contributed by atoms with Gasteiger partial charge >= 0.3 is 0 Å². The van der Waals surface area contributed by atoms with E-state index < -0.39 is 5.79 Å². The topological polar surface area (TPSA) is 61.6 Å². The summed E-state index contributed by atoms with van der Waals surface area (Å²) in [7, 11) is 0. The molecule has 0 atom stereocenters. The van der Waals surface area contributed by atoms with E-state index in [4.69, 9.17) is 9.47 Å². The molecule has 1 heterocycles. The molecule has 0 saturated carbocycles. The lowest BCUT2D eigenvalue weighted by Crippen LogP contribution is -2.31. The summed E-state index contributed by atoms with van der Waals surface area (Å²) >= 11 is 0. The number of hydrogen-bond acceptors (Lipinski definition) is 4. The first-order valence-corrected chi connectivity index (χ1v) is 5.77. The number of rotatable bonds is 1. The van der Waals surface area contributed by atoms with Crippen LogP contribution in [0.4, 0.5) is 5.69 Å². The van der Waals surface area contributed by atoms with Gasteiger partial charge in [-0.1, -0.05) is 6.07 Å². The fourth-order valence-corrected chi connectivity index (χ4v) is 2.65. The summed E-state index contributed by atoms with van der Waals surface area (Å²) in [5.41, 5.74) is 2.04. The first kappa shape index (κ1) is 10.7. The van der Waals surface area contributed by atoms with E-state index in [1.807, 2.05) is 6.07 Å². The van der Waals surface area contributed by atoms with Crippen LogP contribution >= 0.6 is 0 Å². The molecule has 3 rings (SSSR count). The number of benzene rings is 1. The van der Waals surface area contributed by atoms with Crippen molar-refractivity contribution in [3.63, 3.8) is 0 Å². The molecular weight excluding hydrogens is 222 g/mol. The molecule has 5 heteroatoms. The Morgan fingerprint density at radius 2 is 2.06 bits per heavy atom. The van der Waals surface area contributed by atoms with E-state index in [1.165, 1.54) is 0 Å². The lowest BCUT2D eigenvalue weighted by Gasteiger charge is -2.33. The van der Waals surface area contributed by atoms with Crippen molar-refractivity contribution in [1.29, 1.82) is 0 Å². The lowest BCUT2D eigenvalue weighted by atomic mass is 9.86. The summed E-state index contributed by atoms with van der Waals surface area (Å²) in [6.45, 7) is 1.12. The third-order valence-electron chi connectivity index (χ3n) is 3.42. The zero-order valence-electron chi connectivity index (χ0n) is 9.35. The second-order valence-corrected chi connectivity index (χ2v) is 4.40. The number of hydrogen-bond donors (Lipinski definition) is 0. The van der Waals surface area contributed by atoms with Crippen LogP contribution in [0.3, 0.4) is 0 Å². The second kappa shape index (κ2) is 3.78. The Hall–Kier alpha value is -1.46. The number of nitrogens with zero attached hydrogens (tertiary/aromatic N) is 1. The van der Waals surface area contributed by atoms with Gasteiger partial charge < -0.3 is 9.47 Å². The molecule has 1 aromatic carbocycles. The molecule has 1 aromatic rings. The van der Waals surface area contributed by atoms with Crippen molar-refractivity contribution >= 4 is 5.69 Å². The van der Waals surface area contributed by atoms with Gasteiger partial charge in [0.2, 0.25) is 0 Å². The van der Waals surface area contributed by atoms with Gasteiger partial charge in [-0.2, -0.15) is 0 Å². The smallest absolute Gasteiger partial charge is 0.269 e. The first-order chi connectivity index (χ1) is 8.21. The highest BCUT2D eigenvalue weighted by molar-refractivity contribution is 5.43. The Kier molecular flexibility index (Phi) is 2.38. The predicted molar refractivity (Wildman–Crippen MR) is 59.6 cm³/mol. The summed E-state index contributed by atoms with van der Waals surface area (Å²) in [4.78, 5) is 10.4. The van der Waals surface area contributed by atoms with Crippen molar-refractivity contribution in [2.75, 3.05) is 13.2 Å². The normalized spacial score (nSPS) is 21.4. The summed E-state index contributed by atoms with van der Waals surface area (Å²) < 4.78 is 11.4. The summed E-state index contributed by atoms with van der Waals surface area (Å²) in [5, 5.41) is 10.8. The quantitative estimate of drug-likeness (QED) is 0.552. The van der Waals surface area contributed by atoms with Crippen LogP contribution in [0.1, 0.15) is 24.0 Å². The van der Waals surface area contributed by atoms with Crippen LogP contribution in [0.25, 0.3) is 0 Å². The van der Waals surface area contributed by atoms with Gasteiger partial charge in [0, 0.05) is 24.1 Å². The first-order valence-electron chi connectivity index (χ1n) is 5.77. The highest BCUT2D eigenvalue weighted by Crippen LogP contribution is 2.43. The fraction of sp³-hybridized carbons (Fsp3) is 0.500. The van der Waals surface area contributed by atoms with Crippen molar-refractivity contribution in [3.05, 3.63) is 39.4 Å². The Labute approximate surface area is 98.5 Å². The molecular formula is C12H13NO4. The number of nitro groups is 1. The Bertz CT molecular complexity index is 466. The van der Waals surface area contributed by atoms with E-state index >= 15 is 0 Å². The van der Waals surface area contributed by atoms with Crippen molar-refractivity contribution in [2.24, 2.45) is 0 Å². The van der Waals surface area contributed by atoms with Gasteiger partial charge in [0.15, 0.2) is 5.79 Å². The van der Waals surface area contributed by atoms with Gasteiger partial charge in [-0.3, -0.25) is 10.1 Å². The predicted octanol–water partition coefficient (Wildman–Crippen LogP) is 2.13. The lowest BCUT2D eigenvalue weighted by molar-refractivity contribution is -0.385. The van der Waals surface area contributed by atoms with E-state index in [1.54, 1.807) is 12.1 Å². The van der Waals surface area contributed by atoms with Gasteiger partial charge in [-0.15, -0.1) is 0 Å². The molecule has 2 aliphatic rings. The Balaban J connectivity index is 2.11. The highest BCUT2D eigenvalue weighted by atomic mass is 16.7. The number of aryl methyl sites for hydroxylation is 1. The van der Waals surface area contributed by atoms with E-state index in [0.717, 1.165) is 30.4 Å². The maximum Gasteiger partial charge on any atom is 0.269 e. The molecule has 1 spiro atoms. The van der Waals surface area contributed by atoms with Crippen LogP contribution < -0.4 is 0 Å². The summed E-state index contributed by atoms with van der Waals surface area (Å²) in [6.07, 6.45) is 2.70. The van der Waals surface area contributed by atoms with Crippen molar-refractivity contribution < 1.29 is 14.4 Å². The van der Waals surface area contributed by atoms with Crippen LogP contribution in [0.2, 0.25) is 0 Å². The molecule has 1 aliphatic heterocycles.